The largest absolute Gasteiger partial charge is 0.353 e. The molecule has 1 N–H and O–H groups in total. The second kappa shape index (κ2) is 20.8. The Kier molecular flexibility index (Phi) is 30.9. The molecule has 0 atom stereocenters. The van der Waals surface area contributed by atoms with Crippen LogP contribution in [0, 0.1) is 0 Å². The molecule has 0 aliphatic heterocycles. The van der Waals surface area contributed by atoms with Crippen molar-refractivity contribution in [1.29, 1.82) is 0 Å². The third-order valence-electron chi connectivity index (χ3n) is 0.735. The van der Waals surface area contributed by atoms with Crippen molar-refractivity contribution in [2.75, 3.05) is 48.8 Å². The lowest BCUT2D eigenvalue weighted by Crippen LogP contribution is -2.20. The van der Waals surface area contributed by atoms with Crippen LogP contribution < -0.4 is 5.32 Å². The molecule has 4 nitrogen and oxygen atoms in total. The van der Waals surface area contributed by atoms with Crippen molar-refractivity contribution in [2.45, 2.75) is 13.3 Å². The second-order valence-electron chi connectivity index (χ2n) is 4.18. The van der Waals surface area contributed by atoms with Gasteiger partial charge in [-0.2, -0.15) is 0 Å². The van der Waals surface area contributed by atoms with Crippen LogP contribution in [0.15, 0.2) is 12.7 Å². The van der Waals surface area contributed by atoms with Crippen molar-refractivity contribution in [3.8, 4) is 0 Å². The fourth-order valence-corrected chi connectivity index (χ4v) is 0.320. The van der Waals surface area contributed by atoms with Crippen LogP contribution in [0.1, 0.15) is 13.3 Å². The fraction of sp³-hybridized carbons (Fsp3) is 0.750. The zero-order chi connectivity index (χ0) is 13.6. The van der Waals surface area contributed by atoms with Gasteiger partial charge in [0, 0.05) is 6.54 Å². The molecular formula is C12H30ClN3O. The van der Waals surface area contributed by atoms with Gasteiger partial charge in [-0.15, -0.1) is 12.4 Å². The molecule has 1 amide bonds. The predicted molar refractivity (Wildman–Crippen MR) is 80.0 cm³/mol. The molecule has 0 bridgehead atoms. The Balaban J connectivity index is -0.0000000806. The van der Waals surface area contributed by atoms with Gasteiger partial charge >= 0.3 is 0 Å². The van der Waals surface area contributed by atoms with Crippen LogP contribution in [0.2, 0.25) is 0 Å². The average molecular weight is 268 g/mol. The molecule has 0 aliphatic carbocycles. The third kappa shape index (κ3) is 94.5. The van der Waals surface area contributed by atoms with E-state index in [1.54, 1.807) is 0 Å². The minimum Gasteiger partial charge on any atom is -0.353 e. The molecule has 0 heterocycles. The molecule has 0 fully saturated rings. The molecule has 0 saturated heterocycles. The van der Waals surface area contributed by atoms with Gasteiger partial charge in [0.1, 0.15) is 0 Å². The van der Waals surface area contributed by atoms with E-state index < -0.39 is 0 Å². The van der Waals surface area contributed by atoms with Gasteiger partial charge in [-0.25, -0.2) is 0 Å². The quantitative estimate of drug-likeness (QED) is 0.787. The van der Waals surface area contributed by atoms with Crippen LogP contribution >= 0.6 is 12.4 Å². The molecule has 17 heavy (non-hydrogen) atoms. The predicted octanol–water partition coefficient (Wildman–Crippen LogP) is 1.48. The lowest BCUT2D eigenvalue weighted by molar-refractivity contribution is -0.116. The van der Waals surface area contributed by atoms with E-state index in [9.17, 15) is 4.79 Å². The highest BCUT2D eigenvalue weighted by Crippen LogP contribution is 1.70. The monoisotopic (exact) mass is 267 g/mol. The number of nitrogens with one attached hydrogen (secondary N) is 1. The number of hydrogen-bond acceptors (Lipinski definition) is 3. The zero-order valence-electron chi connectivity index (χ0n) is 12.4. The molecule has 0 aliphatic rings. The highest BCUT2D eigenvalue weighted by atomic mass is 35.5. The molecule has 0 rings (SSSR count). The lowest BCUT2D eigenvalue weighted by Gasteiger charge is -1.94. The van der Waals surface area contributed by atoms with Crippen molar-refractivity contribution >= 4 is 18.3 Å². The van der Waals surface area contributed by atoms with Crippen LogP contribution in [0.25, 0.3) is 0 Å². The number of nitrogens with zero attached hydrogens (tertiary/aromatic N) is 2. The third-order valence-corrected chi connectivity index (χ3v) is 0.735. The summed E-state index contributed by atoms with van der Waals surface area (Å²) in [6.45, 7) is 6.05. The molecule has 0 aromatic carbocycles. The summed E-state index contributed by atoms with van der Waals surface area (Å²) in [7, 11) is 12.0. The van der Waals surface area contributed by atoms with Crippen LogP contribution in [0.4, 0.5) is 0 Å². The Bertz CT molecular complexity index is 150. The summed E-state index contributed by atoms with van der Waals surface area (Å²) in [4.78, 5) is 14.3. The van der Waals surface area contributed by atoms with Gasteiger partial charge in [-0.3, -0.25) is 4.79 Å². The summed E-state index contributed by atoms with van der Waals surface area (Å²) in [5, 5.41) is 2.62. The number of halogens is 1. The first-order valence-electron chi connectivity index (χ1n) is 5.39. The van der Waals surface area contributed by atoms with E-state index in [1.807, 2.05) is 59.0 Å². The van der Waals surface area contributed by atoms with Gasteiger partial charge < -0.3 is 15.1 Å². The van der Waals surface area contributed by atoms with Gasteiger partial charge in [0.15, 0.2) is 0 Å². The Labute approximate surface area is 113 Å². The summed E-state index contributed by atoms with van der Waals surface area (Å²) < 4.78 is 0. The van der Waals surface area contributed by atoms with E-state index in [4.69, 9.17) is 0 Å². The number of amides is 1. The van der Waals surface area contributed by atoms with Gasteiger partial charge in [-0.1, -0.05) is 13.5 Å². The Morgan fingerprint density at radius 2 is 1.41 bits per heavy atom. The zero-order valence-corrected chi connectivity index (χ0v) is 13.2. The minimum absolute atomic E-state index is 0. The normalized spacial score (nSPS) is 8.06. The van der Waals surface area contributed by atoms with Gasteiger partial charge in [0.25, 0.3) is 0 Å². The van der Waals surface area contributed by atoms with Gasteiger partial charge in [-0.05, 0) is 54.8 Å². The summed E-state index contributed by atoms with van der Waals surface area (Å²) in [5.74, 6) is -0.0909. The lowest BCUT2D eigenvalue weighted by atomic mass is 10.4. The van der Waals surface area contributed by atoms with Crippen molar-refractivity contribution in [3.63, 3.8) is 0 Å². The number of carbonyl (C=O) groups excluding carboxylic acids is 1. The maximum Gasteiger partial charge on any atom is 0.243 e. The van der Waals surface area contributed by atoms with Crippen molar-refractivity contribution in [1.82, 2.24) is 15.1 Å². The highest BCUT2D eigenvalue weighted by Gasteiger charge is 1.86. The highest BCUT2D eigenvalue weighted by molar-refractivity contribution is 5.86. The van der Waals surface area contributed by atoms with E-state index >= 15 is 0 Å². The molecule has 0 radical (unpaired) electrons. The van der Waals surface area contributed by atoms with Crippen LogP contribution in [-0.2, 0) is 4.79 Å². The molecule has 106 valence electrons. The van der Waals surface area contributed by atoms with Gasteiger partial charge in [0.05, 0.1) is 0 Å². The molecular weight excluding hydrogens is 238 g/mol. The first-order chi connectivity index (χ1) is 7.27. The van der Waals surface area contributed by atoms with E-state index in [-0.39, 0.29) is 18.3 Å². The van der Waals surface area contributed by atoms with E-state index in [0.29, 0.717) is 0 Å². The van der Waals surface area contributed by atoms with E-state index in [1.165, 1.54) is 6.08 Å². The van der Waals surface area contributed by atoms with Crippen LogP contribution in [0.3, 0.4) is 0 Å². The molecule has 0 aromatic heterocycles. The smallest absolute Gasteiger partial charge is 0.243 e. The van der Waals surface area contributed by atoms with E-state index in [0.717, 1.165) is 13.0 Å². The molecule has 0 unspecified atom stereocenters. The van der Waals surface area contributed by atoms with Crippen molar-refractivity contribution in [3.05, 3.63) is 12.7 Å². The number of hydrogen-bond donors (Lipinski definition) is 1. The first-order valence-corrected chi connectivity index (χ1v) is 5.39. The number of carbonyl (C=O) groups is 1. The van der Waals surface area contributed by atoms with Crippen LogP contribution in [-0.4, -0.2) is 64.5 Å². The number of rotatable bonds is 3. The van der Waals surface area contributed by atoms with Gasteiger partial charge in [0.2, 0.25) is 5.91 Å². The summed E-state index contributed by atoms with van der Waals surface area (Å²) in [6.07, 6.45) is 2.25. The average Bonchev–Trinajstić information content (AvgIpc) is 2.12. The Morgan fingerprint density at radius 1 is 1.12 bits per heavy atom. The molecule has 0 spiro atoms. The first kappa shape index (κ1) is 25.3. The summed E-state index contributed by atoms with van der Waals surface area (Å²) in [6, 6.07) is 0. The molecule has 0 saturated carbocycles. The molecule has 5 heteroatoms. The summed E-state index contributed by atoms with van der Waals surface area (Å²) in [5.41, 5.74) is 0. The van der Waals surface area contributed by atoms with Crippen molar-refractivity contribution < 1.29 is 4.79 Å². The van der Waals surface area contributed by atoms with Crippen LogP contribution in [0.5, 0.6) is 0 Å². The SMILES string of the molecule is C=CC(=O)NCCC.CN(C)C.CN(C)C.Cl. The minimum atomic E-state index is -0.0909. The Morgan fingerprint density at radius 3 is 1.59 bits per heavy atom. The molecule has 0 aromatic rings. The topological polar surface area (TPSA) is 35.6 Å². The van der Waals surface area contributed by atoms with E-state index in [2.05, 4.69) is 11.9 Å². The maximum absolute atomic E-state index is 10.3. The maximum atomic E-state index is 10.3. The standard InChI is InChI=1S/C6H11NO.2C3H9N.ClH/c1-3-5-7-6(8)4-2;2*1-4(2)3;/h4H,2-3,5H2,1H3,(H,7,8);2*1-3H3;1H. The fourth-order valence-electron chi connectivity index (χ4n) is 0.320. The Hall–Kier alpha value is -0.580. The summed E-state index contributed by atoms with van der Waals surface area (Å²) >= 11 is 0. The second-order valence-corrected chi connectivity index (χ2v) is 4.18. The van der Waals surface area contributed by atoms with Crippen molar-refractivity contribution in [2.24, 2.45) is 0 Å².